The quantitative estimate of drug-likeness (QED) is 0.705. The van der Waals surface area contributed by atoms with Crippen LogP contribution in [0.5, 0.6) is 5.75 Å². The molecular formula is C17H22O. The second kappa shape index (κ2) is 5.90. The molecule has 0 radical (unpaired) electrons. The Labute approximate surface area is 110 Å². The van der Waals surface area contributed by atoms with E-state index < -0.39 is 0 Å². The van der Waals surface area contributed by atoms with Crippen LogP contribution in [0.3, 0.4) is 0 Å². The summed E-state index contributed by atoms with van der Waals surface area (Å²) in [5.74, 6) is 1.61. The van der Waals surface area contributed by atoms with Crippen LogP contribution in [0, 0.1) is 0 Å². The molecule has 0 aliphatic heterocycles. The molecule has 0 bridgehead atoms. The van der Waals surface area contributed by atoms with E-state index in [1.165, 1.54) is 22.8 Å². The first kappa shape index (κ1) is 12.9. The number of hydrogen-bond donors (Lipinski definition) is 0. The van der Waals surface area contributed by atoms with Crippen molar-refractivity contribution in [2.45, 2.75) is 39.5 Å². The molecular weight excluding hydrogens is 220 g/mol. The molecule has 0 saturated heterocycles. The van der Waals surface area contributed by atoms with E-state index in [4.69, 9.17) is 4.74 Å². The van der Waals surface area contributed by atoms with Gasteiger partial charge < -0.3 is 4.74 Å². The third-order valence-electron chi connectivity index (χ3n) is 3.52. The molecule has 2 aromatic carbocycles. The molecule has 2 aromatic rings. The van der Waals surface area contributed by atoms with E-state index >= 15 is 0 Å². The molecule has 0 saturated carbocycles. The molecule has 0 aromatic heterocycles. The van der Waals surface area contributed by atoms with Crippen molar-refractivity contribution >= 4 is 10.8 Å². The molecule has 1 nitrogen and oxygen atoms in total. The zero-order chi connectivity index (χ0) is 13.0. The van der Waals surface area contributed by atoms with Gasteiger partial charge in [0.1, 0.15) is 5.75 Å². The smallest absolute Gasteiger partial charge is 0.127 e. The Morgan fingerprint density at radius 2 is 1.72 bits per heavy atom. The monoisotopic (exact) mass is 242 g/mol. The molecule has 0 spiro atoms. The van der Waals surface area contributed by atoms with Gasteiger partial charge in [0.25, 0.3) is 0 Å². The van der Waals surface area contributed by atoms with Gasteiger partial charge in [-0.1, -0.05) is 51.1 Å². The van der Waals surface area contributed by atoms with Crippen LogP contribution in [0.4, 0.5) is 0 Å². The van der Waals surface area contributed by atoms with E-state index in [0.29, 0.717) is 5.92 Å². The second-order valence-electron chi connectivity index (χ2n) is 4.86. The van der Waals surface area contributed by atoms with Crippen LogP contribution in [0.2, 0.25) is 0 Å². The number of ether oxygens (including phenoxy) is 1. The first-order chi connectivity index (χ1) is 8.77. The van der Waals surface area contributed by atoms with Crippen molar-refractivity contribution in [1.29, 1.82) is 0 Å². The average Bonchev–Trinajstić information content (AvgIpc) is 2.43. The molecule has 0 N–H and O–H groups in total. The Balaban J connectivity index is 2.51. The highest BCUT2D eigenvalue weighted by atomic mass is 16.5. The van der Waals surface area contributed by atoms with Crippen molar-refractivity contribution < 1.29 is 4.74 Å². The average molecular weight is 242 g/mol. The van der Waals surface area contributed by atoms with Gasteiger partial charge in [-0.2, -0.15) is 0 Å². The lowest BCUT2D eigenvalue weighted by Gasteiger charge is -2.15. The topological polar surface area (TPSA) is 9.23 Å². The van der Waals surface area contributed by atoms with Crippen molar-refractivity contribution in [3.05, 3.63) is 42.0 Å². The Hall–Kier alpha value is -1.50. The normalized spacial score (nSPS) is 12.6. The minimum Gasteiger partial charge on any atom is -0.493 e. The van der Waals surface area contributed by atoms with Gasteiger partial charge in [-0.25, -0.2) is 0 Å². The fraction of sp³-hybridized carbons (Fsp3) is 0.412. The van der Waals surface area contributed by atoms with Gasteiger partial charge in [0.2, 0.25) is 0 Å². The van der Waals surface area contributed by atoms with Crippen LogP contribution in [0.1, 0.15) is 45.1 Å². The first-order valence-corrected chi connectivity index (χ1v) is 6.92. The second-order valence-corrected chi connectivity index (χ2v) is 4.86. The Bertz CT molecular complexity index is 516. The van der Waals surface area contributed by atoms with E-state index in [-0.39, 0.29) is 0 Å². The van der Waals surface area contributed by atoms with Gasteiger partial charge >= 0.3 is 0 Å². The van der Waals surface area contributed by atoms with Gasteiger partial charge in [-0.3, -0.25) is 0 Å². The highest BCUT2D eigenvalue weighted by Crippen LogP contribution is 2.32. The largest absolute Gasteiger partial charge is 0.493 e. The van der Waals surface area contributed by atoms with E-state index in [2.05, 4.69) is 57.2 Å². The third kappa shape index (κ3) is 2.50. The van der Waals surface area contributed by atoms with Crippen molar-refractivity contribution in [2.24, 2.45) is 0 Å². The van der Waals surface area contributed by atoms with Crippen LogP contribution in [-0.2, 0) is 0 Å². The maximum absolute atomic E-state index is 5.84. The summed E-state index contributed by atoms with van der Waals surface area (Å²) < 4.78 is 5.84. The molecule has 1 heteroatoms. The zero-order valence-corrected chi connectivity index (χ0v) is 11.6. The van der Waals surface area contributed by atoms with Gasteiger partial charge in [0.05, 0.1) is 6.61 Å². The summed E-state index contributed by atoms with van der Waals surface area (Å²) in [7, 11) is 0. The van der Waals surface area contributed by atoms with E-state index in [1.807, 2.05) is 0 Å². The van der Waals surface area contributed by atoms with Crippen molar-refractivity contribution in [3.8, 4) is 5.75 Å². The van der Waals surface area contributed by atoms with Crippen LogP contribution in [0.15, 0.2) is 36.4 Å². The molecule has 0 fully saturated rings. The van der Waals surface area contributed by atoms with E-state index in [0.717, 1.165) is 18.8 Å². The SMILES string of the molecule is CCCOc1cccc2c(C(C)CC)cccc12. The Kier molecular flexibility index (Phi) is 4.24. The highest BCUT2D eigenvalue weighted by Gasteiger charge is 2.09. The van der Waals surface area contributed by atoms with Gasteiger partial charge in [0.15, 0.2) is 0 Å². The van der Waals surface area contributed by atoms with E-state index in [9.17, 15) is 0 Å². The summed E-state index contributed by atoms with van der Waals surface area (Å²) in [5, 5.41) is 2.57. The molecule has 1 atom stereocenters. The standard InChI is InChI=1S/C17H22O/c1-4-12-18-17-11-7-9-15-14(13(3)5-2)8-6-10-16(15)17/h6-11,13H,4-5,12H2,1-3H3. The number of benzene rings is 2. The van der Waals surface area contributed by atoms with Crippen LogP contribution in [-0.4, -0.2) is 6.61 Å². The molecule has 0 aliphatic rings. The fourth-order valence-electron chi connectivity index (χ4n) is 2.29. The summed E-state index contributed by atoms with van der Waals surface area (Å²) in [5.41, 5.74) is 1.43. The molecule has 0 heterocycles. The van der Waals surface area contributed by atoms with Crippen LogP contribution >= 0.6 is 0 Å². The molecule has 0 aliphatic carbocycles. The lowest BCUT2D eigenvalue weighted by atomic mass is 9.93. The molecule has 96 valence electrons. The first-order valence-electron chi connectivity index (χ1n) is 6.92. The summed E-state index contributed by atoms with van der Waals surface area (Å²) in [6.45, 7) is 7.44. The summed E-state index contributed by atoms with van der Waals surface area (Å²) >= 11 is 0. The maximum Gasteiger partial charge on any atom is 0.127 e. The predicted molar refractivity (Wildman–Crippen MR) is 78.4 cm³/mol. The minimum absolute atomic E-state index is 0.593. The summed E-state index contributed by atoms with van der Waals surface area (Å²) in [6, 6.07) is 12.9. The Morgan fingerprint density at radius 3 is 2.44 bits per heavy atom. The maximum atomic E-state index is 5.84. The minimum atomic E-state index is 0.593. The number of rotatable bonds is 5. The van der Waals surface area contributed by atoms with Crippen molar-refractivity contribution in [1.82, 2.24) is 0 Å². The Morgan fingerprint density at radius 1 is 1.00 bits per heavy atom. The van der Waals surface area contributed by atoms with Crippen LogP contribution < -0.4 is 4.74 Å². The summed E-state index contributed by atoms with van der Waals surface area (Å²) in [6.07, 6.45) is 2.21. The zero-order valence-electron chi connectivity index (χ0n) is 11.6. The molecule has 2 rings (SSSR count). The number of fused-ring (bicyclic) bond motifs is 1. The van der Waals surface area contributed by atoms with E-state index in [1.54, 1.807) is 0 Å². The molecule has 18 heavy (non-hydrogen) atoms. The van der Waals surface area contributed by atoms with Gasteiger partial charge in [0, 0.05) is 5.39 Å². The van der Waals surface area contributed by atoms with Crippen molar-refractivity contribution in [2.75, 3.05) is 6.61 Å². The lowest BCUT2D eigenvalue weighted by Crippen LogP contribution is -1.97. The summed E-state index contributed by atoms with van der Waals surface area (Å²) in [4.78, 5) is 0. The fourth-order valence-corrected chi connectivity index (χ4v) is 2.29. The van der Waals surface area contributed by atoms with Gasteiger partial charge in [-0.15, -0.1) is 0 Å². The van der Waals surface area contributed by atoms with Crippen LogP contribution in [0.25, 0.3) is 10.8 Å². The molecule has 1 unspecified atom stereocenters. The molecule has 0 amide bonds. The highest BCUT2D eigenvalue weighted by molar-refractivity contribution is 5.91. The van der Waals surface area contributed by atoms with Gasteiger partial charge in [-0.05, 0) is 35.8 Å². The van der Waals surface area contributed by atoms with Crippen molar-refractivity contribution in [3.63, 3.8) is 0 Å². The predicted octanol–water partition coefficient (Wildman–Crippen LogP) is 5.14. The lowest BCUT2D eigenvalue weighted by molar-refractivity contribution is 0.321. The number of hydrogen-bond acceptors (Lipinski definition) is 1. The third-order valence-corrected chi connectivity index (χ3v) is 3.52.